The van der Waals surface area contributed by atoms with E-state index in [0.717, 1.165) is 18.8 Å². The van der Waals surface area contributed by atoms with Crippen molar-refractivity contribution in [2.45, 2.75) is 26.9 Å². The summed E-state index contributed by atoms with van der Waals surface area (Å²) in [7, 11) is 0. The summed E-state index contributed by atoms with van der Waals surface area (Å²) in [6.07, 6.45) is 1.48. The number of amides is 1. The third-order valence-electron chi connectivity index (χ3n) is 5.57. The molecule has 0 bridgehead atoms. The topological polar surface area (TPSA) is 82.0 Å². The lowest BCUT2D eigenvalue weighted by Gasteiger charge is -2.17. The van der Waals surface area contributed by atoms with Crippen molar-refractivity contribution in [1.82, 2.24) is 5.43 Å². The van der Waals surface area contributed by atoms with Gasteiger partial charge in [-0.05, 0) is 78.1 Å². The Morgan fingerprint density at radius 1 is 0.903 bits per heavy atom. The van der Waals surface area contributed by atoms with Crippen LogP contribution in [0.5, 0.6) is 0 Å². The standard InChI is InChI=1S/C25H23N3O3/c1-16-11-21-14-28(15-22(21)12-17(16)2)23-9-7-19(8-10-23)24(29)27-26-13-18-3-5-20(6-4-18)25(30)31/h3-13H,14-15H2,1-2H3,(H,27,29)(H,30,31)/b26-13-. The first kappa shape index (κ1) is 20.3. The van der Waals surface area contributed by atoms with Crippen molar-refractivity contribution in [2.24, 2.45) is 5.10 Å². The molecule has 0 fully saturated rings. The number of carboxylic acids is 1. The molecule has 0 spiro atoms. The van der Waals surface area contributed by atoms with Crippen LogP contribution in [-0.2, 0) is 13.1 Å². The van der Waals surface area contributed by atoms with Crippen LogP contribution in [0.4, 0.5) is 5.69 Å². The number of carbonyl (C=O) groups is 2. The number of anilines is 1. The molecule has 31 heavy (non-hydrogen) atoms. The van der Waals surface area contributed by atoms with E-state index in [1.807, 2.05) is 12.1 Å². The van der Waals surface area contributed by atoms with E-state index in [9.17, 15) is 9.59 Å². The number of aromatic carboxylic acids is 1. The SMILES string of the molecule is Cc1cc2c(cc1C)CN(c1ccc(C(=O)N/N=C\c3ccc(C(=O)O)cc3)cc1)C2. The highest BCUT2D eigenvalue weighted by Gasteiger charge is 2.20. The smallest absolute Gasteiger partial charge is 0.335 e. The van der Waals surface area contributed by atoms with Gasteiger partial charge in [-0.2, -0.15) is 5.10 Å². The Morgan fingerprint density at radius 3 is 2.00 bits per heavy atom. The second-order valence-corrected chi connectivity index (χ2v) is 7.73. The predicted octanol–water partition coefficient (Wildman–Crippen LogP) is 4.29. The highest BCUT2D eigenvalue weighted by Crippen LogP contribution is 2.30. The summed E-state index contributed by atoms with van der Waals surface area (Å²) < 4.78 is 0. The fourth-order valence-electron chi connectivity index (χ4n) is 3.65. The third-order valence-corrected chi connectivity index (χ3v) is 5.57. The second-order valence-electron chi connectivity index (χ2n) is 7.73. The molecule has 4 rings (SSSR count). The van der Waals surface area contributed by atoms with Gasteiger partial charge in [0.1, 0.15) is 0 Å². The fraction of sp³-hybridized carbons (Fsp3) is 0.160. The van der Waals surface area contributed by atoms with Gasteiger partial charge in [-0.1, -0.05) is 24.3 Å². The van der Waals surface area contributed by atoms with E-state index in [-0.39, 0.29) is 11.5 Å². The Hall–Kier alpha value is -3.93. The molecular weight excluding hydrogens is 390 g/mol. The van der Waals surface area contributed by atoms with Crippen LogP contribution < -0.4 is 10.3 Å². The number of hydrazone groups is 1. The number of aryl methyl sites for hydroxylation is 2. The van der Waals surface area contributed by atoms with Gasteiger partial charge >= 0.3 is 5.97 Å². The maximum Gasteiger partial charge on any atom is 0.335 e. The molecule has 0 aliphatic carbocycles. The quantitative estimate of drug-likeness (QED) is 0.483. The zero-order chi connectivity index (χ0) is 22.0. The van der Waals surface area contributed by atoms with Gasteiger partial charge in [0.2, 0.25) is 0 Å². The third kappa shape index (κ3) is 4.48. The van der Waals surface area contributed by atoms with Gasteiger partial charge in [-0.25, -0.2) is 10.2 Å². The van der Waals surface area contributed by atoms with Crippen LogP contribution in [0.25, 0.3) is 0 Å². The summed E-state index contributed by atoms with van der Waals surface area (Å²) in [6.45, 7) is 6.01. The lowest BCUT2D eigenvalue weighted by atomic mass is 10.0. The van der Waals surface area contributed by atoms with Gasteiger partial charge in [0.25, 0.3) is 5.91 Å². The molecule has 0 unspecified atom stereocenters. The van der Waals surface area contributed by atoms with Crippen molar-refractivity contribution in [3.8, 4) is 0 Å². The molecule has 0 aromatic heterocycles. The number of rotatable bonds is 5. The van der Waals surface area contributed by atoms with E-state index in [2.05, 4.69) is 41.4 Å². The monoisotopic (exact) mass is 413 g/mol. The molecule has 3 aromatic rings. The van der Waals surface area contributed by atoms with E-state index in [0.29, 0.717) is 11.1 Å². The number of hydrogen-bond acceptors (Lipinski definition) is 4. The van der Waals surface area contributed by atoms with Crippen LogP contribution in [0, 0.1) is 13.8 Å². The Kier molecular flexibility index (Phi) is 5.54. The predicted molar refractivity (Wildman–Crippen MR) is 121 cm³/mol. The van der Waals surface area contributed by atoms with Crippen LogP contribution in [0.1, 0.15) is 48.5 Å². The van der Waals surface area contributed by atoms with Gasteiger partial charge < -0.3 is 10.0 Å². The maximum atomic E-state index is 12.3. The molecule has 0 saturated carbocycles. The summed E-state index contributed by atoms with van der Waals surface area (Å²) in [5, 5.41) is 12.9. The molecule has 6 heteroatoms. The average molecular weight is 413 g/mol. The van der Waals surface area contributed by atoms with Crippen molar-refractivity contribution in [2.75, 3.05) is 4.90 Å². The molecule has 1 heterocycles. The maximum absolute atomic E-state index is 12.3. The van der Waals surface area contributed by atoms with Crippen molar-refractivity contribution in [1.29, 1.82) is 0 Å². The number of carboxylic acid groups (broad SMARTS) is 1. The van der Waals surface area contributed by atoms with Crippen LogP contribution in [0.3, 0.4) is 0 Å². The number of nitrogens with one attached hydrogen (secondary N) is 1. The molecule has 0 radical (unpaired) electrons. The summed E-state index contributed by atoms with van der Waals surface area (Å²) in [5.74, 6) is -1.29. The van der Waals surface area contributed by atoms with E-state index < -0.39 is 5.97 Å². The number of carbonyl (C=O) groups excluding carboxylic acids is 1. The minimum absolute atomic E-state index is 0.202. The normalized spacial score (nSPS) is 12.8. The van der Waals surface area contributed by atoms with Gasteiger partial charge in [0, 0.05) is 24.3 Å². The van der Waals surface area contributed by atoms with Crippen molar-refractivity contribution >= 4 is 23.8 Å². The van der Waals surface area contributed by atoms with E-state index >= 15 is 0 Å². The van der Waals surface area contributed by atoms with Crippen molar-refractivity contribution in [3.63, 3.8) is 0 Å². The van der Waals surface area contributed by atoms with Crippen LogP contribution in [0.2, 0.25) is 0 Å². The Balaban J connectivity index is 1.37. The van der Waals surface area contributed by atoms with Crippen LogP contribution >= 0.6 is 0 Å². The molecule has 6 nitrogen and oxygen atoms in total. The molecule has 2 N–H and O–H groups in total. The Morgan fingerprint density at radius 2 is 1.45 bits per heavy atom. The fourth-order valence-corrected chi connectivity index (χ4v) is 3.65. The summed E-state index contributed by atoms with van der Waals surface area (Å²) >= 11 is 0. The molecule has 0 atom stereocenters. The molecule has 1 aliphatic heterocycles. The number of nitrogens with zero attached hydrogens (tertiary/aromatic N) is 2. The average Bonchev–Trinajstić information content (AvgIpc) is 3.17. The minimum Gasteiger partial charge on any atom is -0.478 e. The lowest BCUT2D eigenvalue weighted by molar-refractivity contribution is 0.0696. The largest absolute Gasteiger partial charge is 0.478 e. The van der Waals surface area contributed by atoms with Crippen molar-refractivity contribution in [3.05, 3.63) is 99.6 Å². The minimum atomic E-state index is -0.983. The Labute approximate surface area is 180 Å². The second kappa shape index (κ2) is 8.44. The molecule has 156 valence electrons. The highest BCUT2D eigenvalue weighted by molar-refractivity contribution is 5.95. The number of benzene rings is 3. The molecule has 1 aliphatic rings. The molecule has 1 amide bonds. The first-order chi connectivity index (χ1) is 14.9. The van der Waals surface area contributed by atoms with E-state index in [1.165, 1.54) is 40.6 Å². The van der Waals surface area contributed by atoms with E-state index in [1.54, 1.807) is 24.3 Å². The number of hydrogen-bond donors (Lipinski definition) is 2. The summed E-state index contributed by atoms with van der Waals surface area (Å²) in [4.78, 5) is 25.5. The van der Waals surface area contributed by atoms with Gasteiger partial charge in [-0.15, -0.1) is 0 Å². The molecule has 3 aromatic carbocycles. The molecular formula is C25H23N3O3. The summed E-state index contributed by atoms with van der Waals surface area (Å²) in [5.41, 5.74) is 10.3. The Bertz CT molecular complexity index is 1130. The zero-order valence-corrected chi connectivity index (χ0v) is 17.4. The first-order valence-corrected chi connectivity index (χ1v) is 10.0. The van der Waals surface area contributed by atoms with Crippen LogP contribution in [0.15, 0.2) is 65.8 Å². The summed E-state index contributed by atoms with van der Waals surface area (Å²) in [6, 6.07) is 18.3. The molecule has 0 saturated heterocycles. The highest BCUT2D eigenvalue weighted by atomic mass is 16.4. The van der Waals surface area contributed by atoms with Gasteiger partial charge in [-0.3, -0.25) is 4.79 Å². The zero-order valence-electron chi connectivity index (χ0n) is 17.4. The van der Waals surface area contributed by atoms with E-state index in [4.69, 9.17) is 5.11 Å². The first-order valence-electron chi connectivity index (χ1n) is 10.0. The van der Waals surface area contributed by atoms with Gasteiger partial charge in [0.15, 0.2) is 0 Å². The van der Waals surface area contributed by atoms with Gasteiger partial charge in [0.05, 0.1) is 11.8 Å². The lowest BCUT2D eigenvalue weighted by Crippen LogP contribution is -2.18. The number of fused-ring (bicyclic) bond motifs is 1. The van der Waals surface area contributed by atoms with Crippen molar-refractivity contribution < 1.29 is 14.7 Å². The van der Waals surface area contributed by atoms with Crippen LogP contribution in [-0.4, -0.2) is 23.2 Å².